The number of amides is 1. The molecule has 28 heavy (non-hydrogen) atoms. The van der Waals surface area contributed by atoms with Gasteiger partial charge in [0.25, 0.3) is 5.69 Å². The Morgan fingerprint density at radius 1 is 1.32 bits per heavy atom. The van der Waals surface area contributed by atoms with E-state index in [1.54, 1.807) is 20.8 Å². The number of benzene rings is 1. The van der Waals surface area contributed by atoms with Crippen LogP contribution in [0, 0.1) is 10.1 Å². The molecule has 0 spiro atoms. The Morgan fingerprint density at radius 3 is 2.61 bits per heavy atom. The third kappa shape index (κ3) is 6.80. The third-order valence-electron chi connectivity index (χ3n) is 4.27. The molecule has 0 radical (unpaired) electrons. The largest absolute Gasteiger partial charge is 0.444 e. The fraction of sp³-hybridized carbons (Fsp3) is 0.579. The lowest BCUT2D eigenvalue weighted by Gasteiger charge is -2.25. The summed E-state index contributed by atoms with van der Waals surface area (Å²) in [7, 11) is 0. The number of piperidine rings is 1. The van der Waals surface area contributed by atoms with Gasteiger partial charge in [0.15, 0.2) is 0 Å². The second kappa shape index (κ2) is 9.50. The highest BCUT2D eigenvalue weighted by Gasteiger charge is 2.20. The second-order valence-electron chi connectivity index (χ2n) is 7.78. The zero-order valence-corrected chi connectivity index (χ0v) is 16.7. The molecule has 1 saturated heterocycles. The van der Waals surface area contributed by atoms with Crippen LogP contribution >= 0.6 is 0 Å². The number of nitrogens with two attached hydrogens (primary N) is 1. The molecule has 0 bridgehead atoms. The van der Waals surface area contributed by atoms with Crippen LogP contribution in [-0.2, 0) is 4.74 Å². The van der Waals surface area contributed by atoms with E-state index >= 15 is 0 Å². The number of non-ortho nitro benzene ring substituents is 1. The van der Waals surface area contributed by atoms with Crippen LogP contribution in [0.4, 0.5) is 16.2 Å². The Hall–Kier alpha value is -2.68. The van der Waals surface area contributed by atoms with Crippen molar-refractivity contribution < 1.29 is 14.5 Å². The van der Waals surface area contributed by atoms with Gasteiger partial charge in [0, 0.05) is 24.2 Å². The molecular formula is C19H29N5O4. The minimum Gasteiger partial charge on any atom is -0.444 e. The zero-order valence-electron chi connectivity index (χ0n) is 16.7. The van der Waals surface area contributed by atoms with Crippen LogP contribution < -0.4 is 11.1 Å². The summed E-state index contributed by atoms with van der Waals surface area (Å²) >= 11 is 0. The van der Waals surface area contributed by atoms with E-state index < -0.39 is 16.6 Å². The average Bonchev–Trinajstić information content (AvgIpc) is 2.60. The first-order valence-electron chi connectivity index (χ1n) is 9.47. The molecule has 1 aliphatic rings. The van der Waals surface area contributed by atoms with Crippen LogP contribution in [0.3, 0.4) is 0 Å². The normalized spacial score (nSPS) is 15.9. The van der Waals surface area contributed by atoms with E-state index in [2.05, 4.69) is 15.2 Å². The number of nitro benzene ring substituents is 1. The first kappa shape index (κ1) is 21.6. The van der Waals surface area contributed by atoms with Crippen LogP contribution in [0.15, 0.2) is 23.2 Å². The molecule has 1 aromatic carbocycles. The van der Waals surface area contributed by atoms with Gasteiger partial charge in [0.1, 0.15) is 11.4 Å². The van der Waals surface area contributed by atoms with E-state index in [9.17, 15) is 14.9 Å². The van der Waals surface area contributed by atoms with E-state index in [-0.39, 0.29) is 17.2 Å². The molecule has 1 aromatic rings. The fourth-order valence-electron chi connectivity index (χ4n) is 2.97. The van der Waals surface area contributed by atoms with Gasteiger partial charge in [0.05, 0.1) is 17.2 Å². The van der Waals surface area contributed by atoms with Crippen molar-refractivity contribution in [3.8, 4) is 0 Å². The van der Waals surface area contributed by atoms with Gasteiger partial charge in [-0.05, 0) is 52.8 Å². The van der Waals surface area contributed by atoms with Gasteiger partial charge in [-0.15, -0.1) is 0 Å². The molecule has 1 heterocycles. The summed E-state index contributed by atoms with van der Waals surface area (Å²) in [5, 5.41) is 13.6. The number of aliphatic imine (C=N–C) groups is 1. The van der Waals surface area contributed by atoms with Crippen LogP contribution in [0.1, 0.15) is 45.6 Å². The number of ether oxygens (including phenoxy) is 1. The second-order valence-corrected chi connectivity index (χ2v) is 7.78. The number of nitro groups is 1. The van der Waals surface area contributed by atoms with Gasteiger partial charge < -0.3 is 15.4 Å². The monoisotopic (exact) mass is 391 g/mol. The standard InChI is InChI=1S/C19H29N5O4/c1-19(2,3)28-18(25)22-16-13-14(24(26)27)7-8-15(16)17(20)21-9-12-23-10-5-4-6-11-23/h7-8,13H,4-6,9-12H2,1-3H3,(H2,20,21)(H,22,25). The summed E-state index contributed by atoms with van der Waals surface area (Å²) in [6, 6.07) is 4.08. The highest BCUT2D eigenvalue weighted by molar-refractivity contribution is 6.05. The van der Waals surface area contributed by atoms with Crippen molar-refractivity contribution in [2.24, 2.45) is 10.7 Å². The summed E-state index contributed by atoms with van der Waals surface area (Å²) in [6.07, 6.45) is 2.96. The quantitative estimate of drug-likeness (QED) is 0.332. The number of hydrogen-bond acceptors (Lipinski definition) is 6. The van der Waals surface area contributed by atoms with Crippen molar-refractivity contribution in [2.75, 3.05) is 31.5 Å². The topological polar surface area (TPSA) is 123 Å². The SMILES string of the molecule is CC(C)(C)OC(=O)Nc1cc([N+](=O)[O-])ccc1C(N)=NCCN1CCCCC1. The number of hydrogen-bond donors (Lipinski definition) is 2. The Balaban J connectivity index is 2.15. The fourth-order valence-corrected chi connectivity index (χ4v) is 2.97. The number of nitrogens with one attached hydrogen (secondary N) is 1. The van der Waals surface area contributed by atoms with Crippen molar-refractivity contribution in [1.82, 2.24) is 4.90 Å². The van der Waals surface area contributed by atoms with E-state index in [4.69, 9.17) is 10.5 Å². The van der Waals surface area contributed by atoms with E-state index in [1.165, 1.54) is 37.5 Å². The first-order chi connectivity index (χ1) is 13.2. The molecule has 0 aliphatic carbocycles. The molecule has 1 aliphatic heterocycles. The summed E-state index contributed by atoms with van der Waals surface area (Å²) < 4.78 is 5.23. The van der Waals surface area contributed by atoms with Crippen molar-refractivity contribution in [1.29, 1.82) is 0 Å². The van der Waals surface area contributed by atoms with Crippen LogP contribution in [0.2, 0.25) is 0 Å². The van der Waals surface area contributed by atoms with Gasteiger partial charge in [-0.25, -0.2) is 4.79 Å². The zero-order chi connectivity index (χ0) is 20.7. The molecule has 0 aromatic heterocycles. The Labute approximate surface area is 165 Å². The number of anilines is 1. The molecule has 9 nitrogen and oxygen atoms in total. The Morgan fingerprint density at radius 2 is 2.00 bits per heavy atom. The summed E-state index contributed by atoms with van der Waals surface area (Å²) in [4.78, 5) is 29.4. The number of carbonyl (C=O) groups is 1. The summed E-state index contributed by atoms with van der Waals surface area (Å²) in [5.41, 5.74) is 5.88. The van der Waals surface area contributed by atoms with Gasteiger partial charge in [-0.2, -0.15) is 0 Å². The predicted octanol–water partition coefficient (Wildman–Crippen LogP) is 3.13. The molecular weight excluding hydrogens is 362 g/mol. The smallest absolute Gasteiger partial charge is 0.412 e. The third-order valence-corrected chi connectivity index (χ3v) is 4.27. The van der Waals surface area contributed by atoms with Gasteiger partial charge >= 0.3 is 6.09 Å². The lowest BCUT2D eigenvalue weighted by atomic mass is 10.1. The minimum absolute atomic E-state index is 0.157. The predicted molar refractivity (Wildman–Crippen MR) is 109 cm³/mol. The number of carbonyl (C=O) groups excluding carboxylic acids is 1. The number of amidine groups is 1. The lowest BCUT2D eigenvalue weighted by molar-refractivity contribution is -0.384. The van der Waals surface area contributed by atoms with Crippen LogP contribution in [0.5, 0.6) is 0 Å². The molecule has 9 heteroatoms. The maximum Gasteiger partial charge on any atom is 0.412 e. The minimum atomic E-state index is -0.713. The number of rotatable bonds is 6. The summed E-state index contributed by atoms with van der Waals surface area (Å²) in [5.74, 6) is 0.220. The average molecular weight is 391 g/mol. The highest BCUT2D eigenvalue weighted by Crippen LogP contribution is 2.23. The number of likely N-dealkylation sites (tertiary alicyclic amines) is 1. The molecule has 0 unspecified atom stereocenters. The van der Waals surface area contributed by atoms with Gasteiger partial charge in [0.2, 0.25) is 0 Å². The van der Waals surface area contributed by atoms with Crippen LogP contribution in [-0.4, -0.2) is 53.5 Å². The lowest BCUT2D eigenvalue weighted by Crippen LogP contribution is -2.32. The highest BCUT2D eigenvalue weighted by atomic mass is 16.6. The summed E-state index contributed by atoms with van der Waals surface area (Å²) in [6.45, 7) is 8.67. The van der Waals surface area contributed by atoms with Gasteiger partial charge in [-0.1, -0.05) is 6.42 Å². The van der Waals surface area contributed by atoms with Crippen molar-refractivity contribution in [2.45, 2.75) is 45.6 Å². The number of nitrogens with zero attached hydrogens (tertiary/aromatic N) is 3. The molecule has 1 amide bonds. The maximum absolute atomic E-state index is 12.1. The van der Waals surface area contributed by atoms with E-state index in [0.29, 0.717) is 12.1 Å². The van der Waals surface area contributed by atoms with Crippen molar-refractivity contribution >= 4 is 23.3 Å². The molecule has 154 valence electrons. The maximum atomic E-state index is 12.1. The van der Waals surface area contributed by atoms with Crippen molar-refractivity contribution in [3.63, 3.8) is 0 Å². The Bertz CT molecular complexity index is 736. The van der Waals surface area contributed by atoms with E-state index in [1.807, 2.05) is 0 Å². The van der Waals surface area contributed by atoms with Crippen LogP contribution in [0.25, 0.3) is 0 Å². The molecule has 3 N–H and O–H groups in total. The van der Waals surface area contributed by atoms with Crippen molar-refractivity contribution in [3.05, 3.63) is 33.9 Å². The molecule has 2 rings (SSSR count). The Kier molecular flexibility index (Phi) is 7.33. The first-order valence-corrected chi connectivity index (χ1v) is 9.47. The van der Waals surface area contributed by atoms with E-state index in [0.717, 1.165) is 19.6 Å². The van der Waals surface area contributed by atoms with Gasteiger partial charge in [-0.3, -0.25) is 20.4 Å². The molecule has 1 fully saturated rings. The molecule has 0 atom stereocenters. The molecule has 0 saturated carbocycles.